The van der Waals surface area contributed by atoms with Gasteiger partial charge in [-0.2, -0.15) is 0 Å². The SMILES string of the molecule is Cc1cccc2c1c(C)c(C(=O)O)n2C1CC1. The molecule has 1 N–H and O–H groups in total. The first-order valence-corrected chi connectivity index (χ1v) is 5.94. The number of fused-ring (bicyclic) bond motifs is 1. The maximum absolute atomic E-state index is 11.4. The van der Waals surface area contributed by atoms with Crippen molar-refractivity contribution < 1.29 is 9.90 Å². The number of rotatable bonds is 2. The first-order chi connectivity index (χ1) is 8.11. The Hall–Kier alpha value is -1.77. The average molecular weight is 229 g/mol. The Bertz CT molecular complexity index is 621. The molecule has 3 heteroatoms. The molecule has 0 unspecified atom stereocenters. The quantitative estimate of drug-likeness (QED) is 0.858. The van der Waals surface area contributed by atoms with Crippen LogP contribution in [0.5, 0.6) is 0 Å². The third kappa shape index (κ3) is 1.38. The summed E-state index contributed by atoms with van der Waals surface area (Å²) in [7, 11) is 0. The number of nitrogens with zero attached hydrogens (tertiary/aromatic N) is 1. The fraction of sp³-hybridized carbons (Fsp3) is 0.357. The molecular formula is C14H15NO2. The molecule has 17 heavy (non-hydrogen) atoms. The highest BCUT2D eigenvalue weighted by atomic mass is 16.4. The lowest BCUT2D eigenvalue weighted by atomic mass is 10.1. The van der Waals surface area contributed by atoms with Crippen molar-refractivity contribution in [2.45, 2.75) is 32.7 Å². The number of hydrogen-bond acceptors (Lipinski definition) is 1. The second-order valence-electron chi connectivity index (χ2n) is 4.85. The predicted octanol–water partition coefficient (Wildman–Crippen LogP) is 3.29. The molecule has 3 nitrogen and oxygen atoms in total. The summed E-state index contributed by atoms with van der Waals surface area (Å²) in [5, 5.41) is 10.5. The third-order valence-electron chi connectivity index (χ3n) is 3.60. The Labute approximate surface area is 99.7 Å². The van der Waals surface area contributed by atoms with E-state index in [1.165, 1.54) is 0 Å². The minimum atomic E-state index is -0.815. The van der Waals surface area contributed by atoms with E-state index in [1.807, 2.05) is 36.6 Å². The van der Waals surface area contributed by atoms with Crippen LogP contribution in [0.3, 0.4) is 0 Å². The Balaban J connectivity index is 2.45. The van der Waals surface area contributed by atoms with E-state index < -0.39 is 5.97 Å². The van der Waals surface area contributed by atoms with Gasteiger partial charge < -0.3 is 9.67 Å². The van der Waals surface area contributed by atoms with Gasteiger partial charge in [0.15, 0.2) is 0 Å². The van der Waals surface area contributed by atoms with Crippen LogP contribution in [0.25, 0.3) is 10.9 Å². The van der Waals surface area contributed by atoms with Gasteiger partial charge in [-0.25, -0.2) is 4.79 Å². The number of carboxylic acids is 1. The summed E-state index contributed by atoms with van der Waals surface area (Å²) in [6.45, 7) is 3.95. The number of aromatic nitrogens is 1. The first kappa shape index (κ1) is 10.4. The molecule has 0 radical (unpaired) electrons. The molecule has 0 amide bonds. The molecule has 1 fully saturated rings. The molecule has 88 valence electrons. The highest BCUT2D eigenvalue weighted by molar-refractivity contribution is 5.99. The van der Waals surface area contributed by atoms with Gasteiger partial charge in [0, 0.05) is 16.9 Å². The summed E-state index contributed by atoms with van der Waals surface area (Å²) in [5.41, 5.74) is 3.60. The van der Waals surface area contributed by atoms with Crippen molar-refractivity contribution in [3.8, 4) is 0 Å². The fourth-order valence-corrected chi connectivity index (χ4v) is 2.74. The molecule has 0 bridgehead atoms. The molecule has 3 rings (SSSR count). The second-order valence-corrected chi connectivity index (χ2v) is 4.85. The standard InChI is InChI=1S/C14H15NO2/c1-8-4-3-5-11-12(8)9(2)13(14(16)17)15(11)10-6-7-10/h3-5,10H,6-7H2,1-2H3,(H,16,17). The molecule has 1 heterocycles. The number of aromatic carboxylic acids is 1. The van der Waals surface area contributed by atoms with E-state index in [-0.39, 0.29) is 0 Å². The number of hydrogen-bond donors (Lipinski definition) is 1. The lowest BCUT2D eigenvalue weighted by Crippen LogP contribution is -2.08. The van der Waals surface area contributed by atoms with Crippen LogP contribution >= 0.6 is 0 Å². The molecule has 1 saturated carbocycles. The summed E-state index contributed by atoms with van der Waals surface area (Å²) in [6, 6.07) is 6.46. The lowest BCUT2D eigenvalue weighted by molar-refractivity contribution is 0.0684. The molecule has 1 aliphatic rings. The Morgan fingerprint density at radius 1 is 1.35 bits per heavy atom. The summed E-state index contributed by atoms with van der Waals surface area (Å²) in [6.07, 6.45) is 2.19. The van der Waals surface area contributed by atoms with E-state index in [0.717, 1.165) is 34.9 Å². The van der Waals surface area contributed by atoms with Crippen LogP contribution in [0.15, 0.2) is 18.2 Å². The second kappa shape index (κ2) is 3.36. The normalized spacial score (nSPS) is 15.4. The molecule has 0 spiro atoms. The number of aryl methyl sites for hydroxylation is 2. The van der Waals surface area contributed by atoms with E-state index >= 15 is 0 Å². The highest BCUT2D eigenvalue weighted by Gasteiger charge is 2.31. The summed E-state index contributed by atoms with van der Waals surface area (Å²) in [5.74, 6) is -0.815. The summed E-state index contributed by atoms with van der Waals surface area (Å²) < 4.78 is 2.01. The Morgan fingerprint density at radius 3 is 2.65 bits per heavy atom. The van der Waals surface area contributed by atoms with E-state index in [0.29, 0.717) is 11.7 Å². The van der Waals surface area contributed by atoms with E-state index in [2.05, 4.69) is 0 Å². The van der Waals surface area contributed by atoms with Crippen LogP contribution in [0.1, 0.15) is 40.5 Å². The Morgan fingerprint density at radius 2 is 2.06 bits per heavy atom. The van der Waals surface area contributed by atoms with Gasteiger partial charge >= 0.3 is 5.97 Å². The fourth-order valence-electron chi connectivity index (χ4n) is 2.74. The van der Waals surface area contributed by atoms with Crippen molar-refractivity contribution in [1.82, 2.24) is 4.57 Å². The largest absolute Gasteiger partial charge is 0.477 e. The van der Waals surface area contributed by atoms with E-state index in [4.69, 9.17) is 0 Å². The number of carboxylic acid groups (broad SMARTS) is 1. The molecule has 0 saturated heterocycles. The maximum Gasteiger partial charge on any atom is 0.352 e. The van der Waals surface area contributed by atoms with Gasteiger partial charge in [0.05, 0.1) is 0 Å². The van der Waals surface area contributed by atoms with Crippen LogP contribution in [-0.2, 0) is 0 Å². The average Bonchev–Trinajstić information content (AvgIpc) is 3.04. The Kier molecular flexibility index (Phi) is 2.05. The van der Waals surface area contributed by atoms with E-state index in [1.54, 1.807) is 0 Å². The zero-order valence-electron chi connectivity index (χ0n) is 10.0. The summed E-state index contributed by atoms with van der Waals surface area (Å²) >= 11 is 0. The molecule has 2 aromatic rings. The van der Waals surface area contributed by atoms with Crippen molar-refractivity contribution >= 4 is 16.9 Å². The van der Waals surface area contributed by atoms with Gasteiger partial charge in [0.25, 0.3) is 0 Å². The van der Waals surface area contributed by atoms with E-state index in [9.17, 15) is 9.90 Å². The number of benzene rings is 1. The topological polar surface area (TPSA) is 42.2 Å². The lowest BCUT2D eigenvalue weighted by Gasteiger charge is -2.06. The van der Waals surface area contributed by atoms with Crippen LogP contribution in [-0.4, -0.2) is 15.6 Å². The summed E-state index contributed by atoms with van der Waals surface area (Å²) in [4.78, 5) is 11.4. The van der Waals surface area contributed by atoms with Gasteiger partial charge in [0.2, 0.25) is 0 Å². The minimum absolute atomic E-state index is 0.388. The smallest absolute Gasteiger partial charge is 0.352 e. The van der Waals surface area contributed by atoms with Crippen LogP contribution in [0, 0.1) is 13.8 Å². The first-order valence-electron chi connectivity index (χ1n) is 5.94. The molecule has 0 aliphatic heterocycles. The van der Waals surface area contributed by atoms with Crippen LogP contribution in [0.2, 0.25) is 0 Å². The van der Waals surface area contributed by atoms with Crippen LogP contribution in [0.4, 0.5) is 0 Å². The van der Waals surface area contributed by atoms with Crippen LogP contribution < -0.4 is 0 Å². The van der Waals surface area contributed by atoms with Gasteiger partial charge in [-0.15, -0.1) is 0 Å². The highest BCUT2D eigenvalue weighted by Crippen LogP contribution is 2.41. The van der Waals surface area contributed by atoms with Gasteiger partial charge in [0.1, 0.15) is 5.69 Å². The zero-order valence-corrected chi connectivity index (χ0v) is 10.0. The molecule has 1 aromatic heterocycles. The van der Waals surface area contributed by atoms with Gasteiger partial charge in [-0.1, -0.05) is 12.1 Å². The monoisotopic (exact) mass is 229 g/mol. The van der Waals surface area contributed by atoms with Crippen molar-refractivity contribution in [1.29, 1.82) is 0 Å². The maximum atomic E-state index is 11.4. The number of carbonyl (C=O) groups is 1. The van der Waals surface area contributed by atoms with Gasteiger partial charge in [-0.05, 0) is 43.9 Å². The molecule has 1 aromatic carbocycles. The van der Waals surface area contributed by atoms with Crippen molar-refractivity contribution in [3.63, 3.8) is 0 Å². The van der Waals surface area contributed by atoms with Crippen molar-refractivity contribution in [2.75, 3.05) is 0 Å². The van der Waals surface area contributed by atoms with Gasteiger partial charge in [-0.3, -0.25) is 0 Å². The molecular weight excluding hydrogens is 214 g/mol. The minimum Gasteiger partial charge on any atom is -0.477 e. The van der Waals surface area contributed by atoms with Crippen molar-refractivity contribution in [3.05, 3.63) is 35.0 Å². The molecule has 1 aliphatic carbocycles. The van der Waals surface area contributed by atoms with Crippen molar-refractivity contribution in [2.24, 2.45) is 0 Å². The predicted molar refractivity (Wildman–Crippen MR) is 66.6 cm³/mol. The third-order valence-corrected chi connectivity index (χ3v) is 3.60. The molecule has 0 atom stereocenters. The zero-order chi connectivity index (χ0) is 12.2.